The summed E-state index contributed by atoms with van der Waals surface area (Å²) >= 11 is 2.84. The van der Waals surface area contributed by atoms with E-state index in [0.29, 0.717) is 28.7 Å². The molecule has 3 N–H and O–H groups in total. The van der Waals surface area contributed by atoms with Crippen molar-refractivity contribution >= 4 is 44.2 Å². The lowest BCUT2D eigenvalue weighted by molar-refractivity contribution is 0.0691. The first-order chi connectivity index (χ1) is 20.5. The van der Waals surface area contributed by atoms with Gasteiger partial charge >= 0.3 is 5.97 Å². The van der Waals surface area contributed by atoms with E-state index in [-0.39, 0.29) is 10.6 Å². The lowest BCUT2D eigenvalue weighted by Crippen LogP contribution is -2.14. The summed E-state index contributed by atoms with van der Waals surface area (Å²) in [5.74, 6) is 8.58. The molecule has 2 aromatic carbocycles. The zero-order valence-electron chi connectivity index (χ0n) is 23.2. The van der Waals surface area contributed by atoms with Crippen LogP contribution in [-0.4, -0.2) is 35.9 Å². The fourth-order valence-corrected chi connectivity index (χ4v) is 7.03. The third-order valence-electron chi connectivity index (χ3n) is 7.12. The number of thiazole rings is 1. The van der Waals surface area contributed by atoms with E-state index in [1.165, 1.54) is 33.7 Å². The van der Waals surface area contributed by atoms with Crippen molar-refractivity contribution in [1.82, 2.24) is 14.8 Å². The van der Waals surface area contributed by atoms with Crippen molar-refractivity contribution in [2.24, 2.45) is 11.1 Å². The Hall–Kier alpha value is -4.08. The highest BCUT2D eigenvalue weighted by atomic mass is 32.2. The molecule has 3 heterocycles. The number of aromatic nitrogens is 3. The molecule has 5 aromatic rings. The fourth-order valence-electron chi connectivity index (χ4n) is 4.84. The Labute approximate surface area is 257 Å². The monoisotopic (exact) mass is 630 g/mol. The highest BCUT2D eigenvalue weighted by Crippen LogP contribution is 2.38. The molecule has 1 aliphatic carbocycles. The van der Waals surface area contributed by atoms with E-state index in [9.17, 15) is 14.1 Å². The molecule has 0 radical (unpaired) electrons. The van der Waals surface area contributed by atoms with Gasteiger partial charge in [-0.2, -0.15) is 5.10 Å². The van der Waals surface area contributed by atoms with Crippen molar-refractivity contribution in [3.63, 3.8) is 0 Å². The summed E-state index contributed by atoms with van der Waals surface area (Å²) in [5, 5.41) is 22.1. The van der Waals surface area contributed by atoms with Crippen LogP contribution in [0.15, 0.2) is 64.9 Å². The highest BCUT2D eigenvalue weighted by molar-refractivity contribution is 7.98. The number of thiophene rings is 1. The van der Waals surface area contributed by atoms with E-state index in [1.54, 1.807) is 22.1 Å². The number of aryl methyl sites for hydroxylation is 1. The van der Waals surface area contributed by atoms with Gasteiger partial charge in [0, 0.05) is 33.4 Å². The zero-order chi connectivity index (χ0) is 30.3. The fraction of sp³-hybridized carbons (Fsp3) is 0.188. The Bertz CT molecular complexity index is 2040. The zero-order valence-corrected chi connectivity index (χ0v) is 25.6. The lowest BCUT2D eigenvalue weighted by atomic mass is 9.96. The van der Waals surface area contributed by atoms with Crippen LogP contribution in [0.4, 0.5) is 4.39 Å². The molecule has 0 bridgehead atoms. The molecule has 1 fully saturated rings. The van der Waals surface area contributed by atoms with Gasteiger partial charge in [0.15, 0.2) is 5.69 Å². The Morgan fingerprint density at radius 1 is 1.21 bits per heavy atom. The van der Waals surface area contributed by atoms with Crippen molar-refractivity contribution in [2.45, 2.75) is 37.5 Å². The van der Waals surface area contributed by atoms with Crippen molar-refractivity contribution < 1.29 is 18.5 Å². The molecule has 1 atom stereocenters. The molecule has 1 saturated carbocycles. The normalized spacial score (nSPS) is 14.2. The predicted octanol–water partition coefficient (Wildman–Crippen LogP) is 6.10. The van der Waals surface area contributed by atoms with Crippen LogP contribution in [0.2, 0.25) is 0 Å². The number of nitrogens with zero attached hydrogens (tertiary/aromatic N) is 3. The van der Waals surface area contributed by atoms with Crippen molar-refractivity contribution in [3.05, 3.63) is 104 Å². The third kappa shape index (κ3) is 6.48. The van der Waals surface area contributed by atoms with E-state index >= 15 is 4.39 Å². The topological polar surface area (TPSA) is 111 Å². The molecule has 6 rings (SSSR count). The van der Waals surface area contributed by atoms with Crippen LogP contribution in [0, 0.1) is 30.5 Å². The summed E-state index contributed by atoms with van der Waals surface area (Å²) < 4.78 is 29.0. The summed E-state index contributed by atoms with van der Waals surface area (Å²) in [4.78, 5) is 18.0. The van der Waals surface area contributed by atoms with Crippen LogP contribution in [0.25, 0.3) is 16.4 Å². The Morgan fingerprint density at radius 3 is 2.67 bits per heavy atom. The maximum atomic E-state index is 15.0. The second kappa shape index (κ2) is 11.5. The van der Waals surface area contributed by atoms with Gasteiger partial charge in [0.25, 0.3) is 0 Å². The molecule has 7 nitrogen and oxygen atoms in total. The molecular weight excluding hydrogens is 604 g/mol. The third-order valence-corrected chi connectivity index (χ3v) is 9.92. The van der Waals surface area contributed by atoms with E-state index in [2.05, 4.69) is 22.7 Å². The van der Waals surface area contributed by atoms with E-state index in [4.69, 9.17) is 10.2 Å². The van der Waals surface area contributed by atoms with Gasteiger partial charge in [-0.05, 0) is 79.9 Å². The van der Waals surface area contributed by atoms with Crippen LogP contribution in [-0.2, 0) is 22.5 Å². The predicted molar refractivity (Wildman–Crippen MR) is 170 cm³/mol. The van der Waals surface area contributed by atoms with Crippen LogP contribution in [0.5, 0.6) is 0 Å². The Kier molecular flexibility index (Phi) is 7.79. The first-order valence-corrected chi connectivity index (χ1v) is 17.0. The van der Waals surface area contributed by atoms with Gasteiger partial charge in [0.2, 0.25) is 5.13 Å². The van der Waals surface area contributed by atoms with Gasteiger partial charge in [-0.25, -0.2) is 23.1 Å². The summed E-state index contributed by atoms with van der Waals surface area (Å²) in [5.41, 5.74) is 4.72. The number of nitrogens with two attached hydrogens (primary N) is 1. The number of benzene rings is 2. The first kappa shape index (κ1) is 29.0. The van der Waals surface area contributed by atoms with Gasteiger partial charge in [0.05, 0.1) is 30.9 Å². The van der Waals surface area contributed by atoms with Crippen molar-refractivity contribution in [1.29, 1.82) is 0 Å². The van der Waals surface area contributed by atoms with Gasteiger partial charge in [0.1, 0.15) is 5.82 Å². The van der Waals surface area contributed by atoms with Gasteiger partial charge in [-0.3, -0.25) is 5.14 Å². The van der Waals surface area contributed by atoms with Crippen LogP contribution < -0.4 is 5.14 Å². The number of rotatable bonds is 8. The molecule has 0 amide bonds. The number of hydrogen-bond donors (Lipinski definition) is 2. The number of halogens is 1. The maximum absolute atomic E-state index is 15.0. The van der Waals surface area contributed by atoms with Crippen LogP contribution in [0.1, 0.15) is 55.5 Å². The summed E-state index contributed by atoms with van der Waals surface area (Å²) in [6.07, 6.45) is 3.23. The van der Waals surface area contributed by atoms with Crippen LogP contribution in [0.3, 0.4) is 0 Å². The molecule has 1 unspecified atom stereocenters. The minimum Gasteiger partial charge on any atom is -0.476 e. The SMILES string of the molecule is C=S(N)(=O)c1ccc(Cc2c(-c3cccc(C#Cc4ccc(C)s4)c3)nn(-c3nc(C(=O)O)cs3)c2CC2CC2)cc1F. The van der Waals surface area contributed by atoms with Crippen molar-refractivity contribution in [3.8, 4) is 28.2 Å². The minimum atomic E-state index is -3.21. The molecule has 1 aliphatic rings. The summed E-state index contributed by atoms with van der Waals surface area (Å²) in [6.45, 7) is 2.04. The number of hydrogen-bond acceptors (Lipinski definition) is 6. The molecule has 11 heteroatoms. The second-order valence-corrected chi connectivity index (χ2v) is 14.6. The largest absolute Gasteiger partial charge is 0.476 e. The van der Waals surface area contributed by atoms with Gasteiger partial charge < -0.3 is 5.11 Å². The standard InChI is InChI=1S/C32H27FN4O3S3/c1-19-6-11-24(42-19)12-9-20-4-3-5-23(14-20)30-25(15-22-10-13-29(26(33)16-22)43(2,34)40)28(17-21-7-8-21)37(36-30)32-35-27(18-41-32)31(38)39/h3-6,10-11,13-14,16,18,21H,2,7-8,15,17H2,1H3,(H2,34,40)(H,38,39). The molecule has 3 aromatic heterocycles. The molecule has 218 valence electrons. The smallest absolute Gasteiger partial charge is 0.355 e. The second-order valence-electron chi connectivity index (χ2n) is 10.6. The first-order valence-electron chi connectivity index (χ1n) is 13.5. The van der Waals surface area contributed by atoms with Crippen LogP contribution >= 0.6 is 22.7 Å². The number of carbonyl (C=O) groups is 1. The Balaban J connectivity index is 1.49. The quantitative estimate of drug-likeness (QED) is 0.159. The number of carboxylic acids is 1. The van der Waals surface area contributed by atoms with Gasteiger partial charge in [-0.1, -0.05) is 30.0 Å². The summed E-state index contributed by atoms with van der Waals surface area (Å²) in [7, 11) is -3.21. The molecular formula is C32H27FN4O3S3. The lowest BCUT2D eigenvalue weighted by Gasteiger charge is -2.11. The molecule has 0 aliphatic heterocycles. The van der Waals surface area contributed by atoms with Gasteiger partial charge in [-0.15, -0.1) is 22.7 Å². The number of aromatic carboxylic acids is 1. The van der Waals surface area contributed by atoms with Crippen molar-refractivity contribution in [2.75, 3.05) is 0 Å². The van der Waals surface area contributed by atoms with E-state index in [1.807, 2.05) is 43.3 Å². The van der Waals surface area contributed by atoms with E-state index in [0.717, 1.165) is 46.5 Å². The van der Waals surface area contributed by atoms with E-state index < -0.39 is 21.5 Å². The minimum absolute atomic E-state index is 0.0479. The maximum Gasteiger partial charge on any atom is 0.355 e. The average molecular weight is 631 g/mol. The molecule has 0 spiro atoms. The summed E-state index contributed by atoms with van der Waals surface area (Å²) in [6, 6.07) is 16.3. The Morgan fingerprint density at radius 2 is 2.02 bits per heavy atom. The molecule has 0 saturated heterocycles. The average Bonchev–Trinajstić information content (AvgIpc) is 3.30. The molecule has 43 heavy (non-hydrogen) atoms. The number of carboxylic acid groups (broad SMARTS) is 1. The highest BCUT2D eigenvalue weighted by Gasteiger charge is 2.29.